The van der Waals surface area contributed by atoms with Crippen molar-refractivity contribution in [3.8, 4) is 5.75 Å². The molecule has 0 fully saturated rings. The highest BCUT2D eigenvalue weighted by Crippen LogP contribution is 2.29. The highest BCUT2D eigenvalue weighted by molar-refractivity contribution is 9.10. The first-order chi connectivity index (χ1) is 9.20. The Morgan fingerprint density at radius 3 is 2.74 bits per heavy atom. The SMILES string of the molecule is CNCc1cccc(Br)c1OCc1ccc(Br)cn1. The lowest BCUT2D eigenvalue weighted by atomic mass is 10.2. The second kappa shape index (κ2) is 7.03. The van der Waals surface area contributed by atoms with Gasteiger partial charge in [-0.15, -0.1) is 0 Å². The Morgan fingerprint density at radius 2 is 2.05 bits per heavy atom. The number of ether oxygens (including phenoxy) is 1. The van der Waals surface area contributed by atoms with Crippen LogP contribution < -0.4 is 10.1 Å². The summed E-state index contributed by atoms with van der Waals surface area (Å²) < 4.78 is 7.80. The summed E-state index contributed by atoms with van der Waals surface area (Å²) in [6, 6.07) is 9.93. The number of nitrogens with one attached hydrogen (secondary N) is 1. The van der Waals surface area contributed by atoms with Crippen LogP contribution in [0.15, 0.2) is 45.5 Å². The molecule has 19 heavy (non-hydrogen) atoms. The molecule has 0 spiro atoms. The molecule has 1 aromatic heterocycles. The van der Waals surface area contributed by atoms with Crippen LogP contribution in [-0.2, 0) is 13.2 Å². The van der Waals surface area contributed by atoms with Crippen LogP contribution in [0.5, 0.6) is 5.75 Å². The van der Waals surface area contributed by atoms with Gasteiger partial charge in [-0.3, -0.25) is 4.98 Å². The maximum absolute atomic E-state index is 5.88. The number of benzene rings is 1. The lowest BCUT2D eigenvalue weighted by Crippen LogP contribution is -2.08. The first-order valence-electron chi connectivity index (χ1n) is 5.86. The molecule has 1 heterocycles. The van der Waals surface area contributed by atoms with Crippen LogP contribution >= 0.6 is 31.9 Å². The van der Waals surface area contributed by atoms with Gasteiger partial charge in [0.1, 0.15) is 12.4 Å². The third-order valence-electron chi connectivity index (χ3n) is 2.57. The summed E-state index contributed by atoms with van der Waals surface area (Å²) >= 11 is 6.89. The molecular formula is C14H14Br2N2O. The second-order valence-electron chi connectivity index (χ2n) is 4.01. The van der Waals surface area contributed by atoms with Crippen molar-refractivity contribution in [1.82, 2.24) is 10.3 Å². The Labute approximate surface area is 129 Å². The molecule has 2 rings (SSSR count). The zero-order valence-electron chi connectivity index (χ0n) is 10.5. The molecule has 0 aliphatic heterocycles. The van der Waals surface area contributed by atoms with E-state index < -0.39 is 0 Å². The van der Waals surface area contributed by atoms with Gasteiger partial charge in [0.05, 0.1) is 10.2 Å². The van der Waals surface area contributed by atoms with Gasteiger partial charge in [-0.2, -0.15) is 0 Å². The number of aromatic nitrogens is 1. The van der Waals surface area contributed by atoms with Gasteiger partial charge in [0, 0.05) is 22.8 Å². The van der Waals surface area contributed by atoms with Gasteiger partial charge in [-0.25, -0.2) is 0 Å². The van der Waals surface area contributed by atoms with Crippen LogP contribution in [0.25, 0.3) is 0 Å². The topological polar surface area (TPSA) is 34.1 Å². The highest BCUT2D eigenvalue weighted by Gasteiger charge is 2.08. The van der Waals surface area contributed by atoms with E-state index >= 15 is 0 Å². The van der Waals surface area contributed by atoms with E-state index in [-0.39, 0.29) is 0 Å². The van der Waals surface area contributed by atoms with Crippen molar-refractivity contribution >= 4 is 31.9 Å². The molecule has 5 heteroatoms. The largest absolute Gasteiger partial charge is 0.486 e. The monoisotopic (exact) mass is 384 g/mol. The second-order valence-corrected chi connectivity index (χ2v) is 5.78. The van der Waals surface area contributed by atoms with E-state index in [9.17, 15) is 0 Å². The molecule has 0 saturated heterocycles. The molecule has 3 nitrogen and oxygen atoms in total. The van der Waals surface area contributed by atoms with E-state index in [1.165, 1.54) is 0 Å². The Kier molecular flexibility index (Phi) is 5.36. The van der Waals surface area contributed by atoms with Crippen LogP contribution in [0, 0.1) is 0 Å². The molecule has 0 radical (unpaired) electrons. The van der Waals surface area contributed by atoms with Gasteiger partial charge in [0.25, 0.3) is 0 Å². The van der Waals surface area contributed by atoms with Gasteiger partial charge in [-0.05, 0) is 57.1 Å². The molecule has 0 unspecified atom stereocenters. The average Bonchev–Trinajstić information content (AvgIpc) is 2.40. The lowest BCUT2D eigenvalue weighted by Gasteiger charge is -2.13. The summed E-state index contributed by atoms with van der Waals surface area (Å²) in [5.41, 5.74) is 2.02. The van der Waals surface area contributed by atoms with Crippen molar-refractivity contribution < 1.29 is 4.74 Å². The minimum absolute atomic E-state index is 0.451. The molecule has 0 aliphatic carbocycles. The quantitative estimate of drug-likeness (QED) is 0.847. The Balaban J connectivity index is 2.12. The van der Waals surface area contributed by atoms with E-state index in [0.29, 0.717) is 6.61 Å². The number of rotatable bonds is 5. The molecule has 0 amide bonds. The van der Waals surface area contributed by atoms with E-state index in [4.69, 9.17) is 4.74 Å². The highest BCUT2D eigenvalue weighted by atomic mass is 79.9. The van der Waals surface area contributed by atoms with Gasteiger partial charge >= 0.3 is 0 Å². The Morgan fingerprint density at radius 1 is 1.21 bits per heavy atom. The van der Waals surface area contributed by atoms with Crippen molar-refractivity contribution in [2.45, 2.75) is 13.2 Å². The predicted octanol–water partition coefficient (Wildman–Crippen LogP) is 3.91. The predicted molar refractivity (Wildman–Crippen MR) is 83.2 cm³/mol. The van der Waals surface area contributed by atoms with E-state index in [0.717, 1.165) is 32.5 Å². The molecule has 1 aromatic carbocycles. The molecule has 0 aliphatic rings. The zero-order chi connectivity index (χ0) is 13.7. The maximum atomic E-state index is 5.88. The normalized spacial score (nSPS) is 10.5. The summed E-state index contributed by atoms with van der Waals surface area (Å²) in [6.45, 7) is 1.22. The van der Waals surface area contributed by atoms with Crippen LogP contribution in [-0.4, -0.2) is 12.0 Å². The smallest absolute Gasteiger partial charge is 0.138 e. The summed E-state index contributed by atoms with van der Waals surface area (Å²) in [6.07, 6.45) is 1.77. The third-order valence-corrected chi connectivity index (χ3v) is 3.66. The zero-order valence-corrected chi connectivity index (χ0v) is 13.7. The first-order valence-corrected chi connectivity index (χ1v) is 7.44. The number of halogens is 2. The first kappa shape index (κ1) is 14.5. The molecule has 1 N–H and O–H groups in total. The number of para-hydroxylation sites is 1. The number of nitrogens with zero attached hydrogens (tertiary/aromatic N) is 1. The maximum Gasteiger partial charge on any atom is 0.138 e. The molecule has 0 atom stereocenters. The van der Waals surface area contributed by atoms with Gasteiger partial charge in [-0.1, -0.05) is 12.1 Å². The van der Waals surface area contributed by atoms with Crippen molar-refractivity contribution in [2.75, 3.05) is 7.05 Å². The molecular weight excluding hydrogens is 372 g/mol. The van der Waals surface area contributed by atoms with Crippen LogP contribution in [0.1, 0.15) is 11.3 Å². The van der Waals surface area contributed by atoms with Crippen LogP contribution in [0.2, 0.25) is 0 Å². The standard InChI is InChI=1S/C14H14Br2N2O/c1-17-7-10-3-2-4-13(16)14(10)19-9-12-6-5-11(15)8-18-12/h2-6,8,17H,7,9H2,1H3. The van der Waals surface area contributed by atoms with Crippen molar-refractivity contribution in [3.63, 3.8) is 0 Å². The lowest BCUT2D eigenvalue weighted by molar-refractivity contribution is 0.295. The van der Waals surface area contributed by atoms with Crippen molar-refractivity contribution in [2.24, 2.45) is 0 Å². The summed E-state index contributed by atoms with van der Waals surface area (Å²) in [5.74, 6) is 0.863. The Bertz CT molecular complexity index is 544. The fraction of sp³-hybridized carbons (Fsp3) is 0.214. The minimum atomic E-state index is 0.451. The van der Waals surface area contributed by atoms with Gasteiger partial charge < -0.3 is 10.1 Å². The number of hydrogen-bond acceptors (Lipinski definition) is 3. The molecule has 0 saturated carbocycles. The molecule has 2 aromatic rings. The van der Waals surface area contributed by atoms with Crippen molar-refractivity contribution in [1.29, 1.82) is 0 Å². The summed E-state index contributed by atoms with van der Waals surface area (Å²) in [7, 11) is 1.92. The molecule has 0 bridgehead atoms. The van der Waals surface area contributed by atoms with E-state index in [1.807, 2.05) is 37.4 Å². The van der Waals surface area contributed by atoms with Crippen LogP contribution in [0.3, 0.4) is 0 Å². The van der Waals surface area contributed by atoms with Crippen LogP contribution in [0.4, 0.5) is 0 Å². The van der Waals surface area contributed by atoms with Crippen molar-refractivity contribution in [3.05, 3.63) is 56.7 Å². The average molecular weight is 386 g/mol. The van der Waals surface area contributed by atoms with E-state index in [2.05, 4.69) is 42.2 Å². The Hall–Kier alpha value is -0.910. The summed E-state index contributed by atoms with van der Waals surface area (Å²) in [5, 5.41) is 3.13. The summed E-state index contributed by atoms with van der Waals surface area (Å²) in [4.78, 5) is 4.30. The van der Waals surface area contributed by atoms with Gasteiger partial charge in [0.2, 0.25) is 0 Å². The van der Waals surface area contributed by atoms with E-state index in [1.54, 1.807) is 6.20 Å². The molecule has 100 valence electrons. The minimum Gasteiger partial charge on any atom is -0.486 e. The number of pyridine rings is 1. The third kappa shape index (κ3) is 4.03. The fourth-order valence-electron chi connectivity index (χ4n) is 1.68. The number of hydrogen-bond donors (Lipinski definition) is 1. The van der Waals surface area contributed by atoms with Gasteiger partial charge in [0.15, 0.2) is 0 Å². The fourth-order valence-corrected chi connectivity index (χ4v) is 2.44.